The zero-order valence-corrected chi connectivity index (χ0v) is 12.2. The summed E-state index contributed by atoms with van der Waals surface area (Å²) in [5.74, 6) is -0.621. The van der Waals surface area contributed by atoms with E-state index in [0.717, 1.165) is 12.8 Å². The summed E-state index contributed by atoms with van der Waals surface area (Å²) in [5.41, 5.74) is 5.40. The van der Waals surface area contributed by atoms with Crippen molar-refractivity contribution in [3.05, 3.63) is 29.6 Å². The smallest absolute Gasteiger partial charge is 0.260 e. The zero-order chi connectivity index (χ0) is 15.2. The lowest BCUT2D eigenvalue weighted by atomic mass is 10.1. The topological polar surface area (TPSA) is 64.8 Å². The lowest BCUT2D eigenvalue weighted by Crippen LogP contribution is -2.41. The molecule has 0 radical (unpaired) electrons. The number of hydrogen-bond acceptors (Lipinski definition) is 4. The van der Waals surface area contributed by atoms with Gasteiger partial charge in [-0.2, -0.15) is 0 Å². The SMILES string of the molecule is COc1cccc(F)c1C(=O)N1CCC(OCCN)CC1. The average molecular weight is 296 g/mol. The lowest BCUT2D eigenvalue weighted by Gasteiger charge is -2.32. The molecule has 1 aromatic carbocycles. The van der Waals surface area contributed by atoms with Crippen LogP contribution in [0.5, 0.6) is 5.75 Å². The van der Waals surface area contributed by atoms with Crippen molar-refractivity contribution >= 4 is 5.91 Å². The fourth-order valence-electron chi connectivity index (χ4n) is 2.50. The van der Waals surface area contributed by atoms with E-state index in [9.17, 15) is 9.18 Å². The predicted octanol–water partition coefficient (Wildman–Crippen LogP) is 1.41. The molecule has 1 fully saturated rings. The Bertz CT molecular complexity index is 488. The first-order valence-corrected chi connectivity index (χ1v) is 7.10. The number of carbonyl (C=O) groups is 1. The number of amides is 1. The van der Waals surface area contributed by atoms with E-state index in [2.05, 4.69) is 0 Å². The second-order valence-corrected chi connectivity index (χ2v) is 4.97. The molecule has 0 aromatic heterocycles. The number of halogens is 1. The quantitative estimate of drug-likeness (QED) is 0.892. The van der Waals surface area contributed by atoms with Crippen LogP contribution in [0, 0.1) is 5.82 Å². The van der Waals surface area contributed by atoms with Crippen LogP contribution < -0.4 is 10.5 Å². The summed E-state index contributed by atoms with van der Waals surface area (Å²) in [6, 6.07) is 4.39. The van der Waals surface area contributed by atoms with Crippen LogP contribution in [0.3, 0.4) is 0 Å². The van der Waals surface area contributed by atoms with Crippen LogP contribution in [-0.4, -0.2) is 50.3 Å². The molecule has 1 aromatic rings. The van der Waals surface area contributed by atoms with Crippen LogP contribution in [0.2, 0.25) is 0 Å². The summed E-state index contributed by atoms with van der Waals surface area (Å²) in [6.07, 6.45) is 1.60. The molecular formula is C15H21FN2O3. The molecule has 5 nitrogen and oxygen atoms in total. The third kappa shape index (κ3) is 3.71. The fraction of sp³-hybridized carbons (Fsp3) is 0.533. The largest absolute Gasteiger partial charge is 0.496 e. The molecule has 0 spiro atoms. The summed E-state index contributed by atoms with van der Waals surface area (Å²) in [4.78, 5) is 14.1. The monoisotopic (exact) mass is 296 g/mol. The molecule has 2 rings (SSSR count). The minimum Gasteiger partial charge on any atom is -0.496 e. The minimum atomic E-state index is -0.555. The number of benzene rings is 1. The van der Waals surface area contributed by atoms with Crippen LogP contribution in [0.4, 0.5) is 4.39 Å². The van der Waals surface area contributed by atoms with Gasteiger partial charge in [0.2, 0.25) is 0 Å². The minimum absolute atomic E-state index is 0.00123. The average Bonchev–Trinajstić information content (AvgIpc) is 2.52. The third-order valence-electron chi connectivity index (χ3n) is 3.61. The summed E-state index contributed by atoms with van der Waals surface area (Å²) in [6.45, 7) is 2.11. The van der Waals surface area contributed by atoms with Crippen molar-refractivity contribution in [3.8, 4) is 5.75 Å². The van der Waals surface area contributed by atoms with Crippen LogP contribution in [0.15, 0.2) is 18.2 Å². The van der Waals surface area contributed by atoms with Gasteiger partial charge in [0.1, 0.15) is 17.1 Å². The fourth-order valence-corrected chi connectivity index (χ4v) is 2.50. The first-order valence-electron chi connectivity index (χ1n) is 7.10. The Morgan fingerprint density at radius 1 is 1.43 bits per heavy atom. The van der Waals surface area contributed by atoms with Crippen molar-refractivity contribution in [2.75, 3.05) is 33.4 Å². The Balaban J connectivity index is 2.02. The van der Waals surface area contributed by atoms with Crippen LogP contribution in [-0.2, 0) is 4.74 Å². The summed E-state index contributed by atoms with van der Waals surface area (Å²) >= 11 is 0. The Morgan fingerprint density at radius 2 is 2.14 bits per heavy atom. The molecule has 6 heteroatoms. The van der Waals surface area contributed by atoms with Crippen molar-refractivity contribution in [1.82, 2.24) is 4.90 Å². The predicted molar refractivity (Wildman–Crippen MR) is 76.9 cm³/mol. The Hall–Kier alpha value is -1.66. The van der Waals surface area contributed by atoms with E-state index in [1.807, 2.05) is 0 Å². The summed E-state index contributed by atoms with van der Waals surface area (Å²) < 4.78 is 24.6. The molecule has 0 unspecified atom stereocenters. The standard InChI is InChI=1S/C15H21FN2O3/c1-20-13-4-2-3-12(16)14(13)15(19)18-8-5-11(6-9-18)21-10-7-17/h2-4,11H,5-10,17H2,1H3. The van der Waals surface area contributed by atoms with Crippen molar-refractivity contribution in [2.24, 2.45) is 5.73 Å². The normalized spacial score (nSPS) is 16.0. The molecule has 1 aliphatic rings. The molecule has 21 heavy (non-hydrogen) atoms. The van der Waals surface area contributed by atoms with Gasteiger partial charge in [-0.25, -0.2) is 4.39 Å². The molecule has 1 heterocycles. The molecule has 0 saturated carbocycles. The number of rotatable bonds is 5. The Kier molecular flexibility index (Phi) is 5.52. The van der Waals surface area contributed by atoms with Crippen molar-refractivity contribution in [3.63, 3.8) is 0 Å². The highest BCUT2D eigenvalue weighted by Crippen LogP contribution is 2.24. The van der Waals surface area contributed by atoms with Gasteiger partial charge in [0.25, 0.3) is 5.91 Å². The molecule has 1 saturated heterocycles. The van der Waals surface area contributed by atoms with Gasteiger partial charge in [-0.05, 0) is 25.0 Å². The van der Waals surface area contributed by atoms with Crippen molar-refractivity contribution in [2.45, 2.75) is 18.9 Å². The molecule has 1 aliphatic heterocycles. The molecule has 0 bridgehead atoms. The van der Waals surface area contributed by atoms with Gasteiger partial charge in [0, 0.05) is 19.6 Å². The lowest BCUT2D eigenvalue weighted by molar-refractivity contribution is 0.0120. The maximum Gasteiger partial charge on any atom is 0.260 e. The van der Waals surface area contributed by atoms with E-state index < -0.39 is 5.82 Å². The number of likely N-dealkylation sites (tertiary alicyclic amines) is 1. The first kappa shape index (κ1) is 15.7. The number of ether oxygens (including phenoxy) is 2. The van der Waals surface area contributed by atoms with Crippen molar-refractivity contribution < 1.29 is 18.7 Å². The van der Waals surface area contributed by atoms with Crippen LogP contribution >= 0.6 is 0 Å². The van der Waals surface area contributed by atoms with Crippen LogP contribution in [0.1, 0.15) is 23.2 Å². The van der Waals surface area contributed by atoms with Gasteiger partial charge in [0.15, 0.2) is 0 Å². The number of hydrogen-bond donors (Lipinski definition) is 1. The van der Waals surface area contributed by atoms with Gasteiger partial charge < -0.3 is 20.1 Å². The molecule has 2 N–H and O–H groups in total. The number of methoxy groups -OCH3 is 1. The van der Waals surface area contributed by atoms with E-state index in [-0.39, 0.29) is 23.3 Å². The molecular weight excluding hydrogens is 275 g/mol. The number of nitrogens with zero attached hydrogens (tertiary/aromatic N) is 1. The number of carbonyl (C=O) groups excluding carboxylic acids is 1. The van der Waals surface area contributed by atoms with E-state index in [0.29, 0.717) is 26.2 Å². The van der Waals surface area contributed by atoms with Crippen molar-refractivity contribution in [1.29, 1.82) is 0 Å². The van der Waals surface area contributed by atoms with Gasteiger partial charge in [-0.15, -0.1) is 0 Å². The van der Waals surface area contributed by atoms with Gasteiger partial charge in [-0.1, -0.05) is 6.07 Å². The summed E-state index contributed by atoms with van der Waals surface area (Å²) in [5, 5.41) is 0. The molecule has 0 aliphatic carbocycles. The van der Waals surface area contributed by atoms with E-state index in [1.165, 1.54) is 19.2 Å². The van der Waals surface area contributed by atoms with Crippen LogP contribution in [0.25, 0.3) is 0 Å². The van der Waals surface area contributed by atoms with Gasteiger partial charge >= 0.3 is 0 Å². The molecule has 116 valence electrons. The first-order chi connectivity index (χ1) is 10.2. The Labute approximate surface area is 123 Å². The third-order valence-corrected chi connectivity index (χ3v) is 3.61. The molecule has 0 atom stereocenters. The second kappa shape index (κ2) is 7.38. The highest BCUT2D eigenvalue weighted by atomic mass is 19.1. The maximum absolute atomic E-state index is 13.9. The second-order valence-electron chi connectivity index (χ2n) is 4.97. The highest BCUT2D eigenvalue weighted by Gasteiger charge is 2.27. The zero-order valence-electron chi connectivity index (χ0n) is 12.2. The van der Waals surface area contributed by atoms with E-state index in [4.69, 9.17) is 15.2 Å². The Morgan fingerprint density at radius 3 is 2.76 bits per heavy atom. The van der Waals surface area contributed by atoms with Gasteiger partial charge in [0.05, 0.1) is 19.8 Å². The maximum atomic E-state index is 13.9. The van der Waals surface area contributed by atoms with E-state index >= 15 is 0 Å². The number of piperidine rings is 1. The molecule has 1 amide bonds. The van der Waals surface area contributed by atoms with E-state index in [1.54, 1.807) is 11.0 Å². The number of nitrogens with two attached hydrogens (primary N) is 1. The van der Waals surface area contributed by atoms with Gasteiger partial charge in [-0.3, -0.25) is 4.79 Å². The summed E-state index contributed by atoms with van der Waals surface area (Å²) in [7, 11) is 1.43. The highest BCUT2D eigenvalue weighted by molar-refractivity contribution is 5.97.